The average molecular weight is 575 g/mol. The number of aromatic nitrogens is 5. The van der Waals surface area contributed by atoms with Gasteiger partial charge in [-0.05, 0) is 89.7 Å². The minimum absolute atomic E-state index is 0.00629. The molecule has 0 N–H and O–H groups in total. The average Bonchev–Trinajstić information content (AvgIpc) is 3.11. The quantitative estimate of drug-likeness (QED) is 0.187. The van der Waals surface area contributed by atoms with E-state index >= 15 is 0 Å². The van der Waals surface area contributed by atoms with Crippen LogP contribution in [0.3, 0.4) is 0 Å². The van der Waals surface area contributed by atoms with E-state index in [1.165, 1.54) is 27.9 Å². The zero-order valence-corrected chi connectivity index (χ0v) is 25.7. The molecule has 5 heteroatoms. The second-order valence-electron chi connectivity index (χ2n) is 12.1. The van der Waals surface area contributed by atoms with E-state index in [-0.39, 0.29) is 11.0 Å². The van der Waals surface area contributed by atoms with Crippen molar-refractivity contribution in [1.29, 1.82) is 0 Å². The number of nitrogens with zero attached hydrogens (tertiary/aromatic N) is 5. The number of benzene rings is 3. The van der Waals surface area contributed by atoms with Crippen LogP contribution < -0.4 is 4.57 Å². The van der Waals surface area contributed by atoms with Gasteiger partial charge in [-0.3, -0.25) is 0 Å². The highest BCUT2D eigenvalue weighted by Crippen LogP contribution is 2.50. The van der Waals surface area contributed by atoms with Gasteiger partial charge in [0.25, 0.3) is 0 Å². The molecular weight excluding hydrogens is 538 g/mol. The highest BCUT2D eigenvalue weighted by atomic mass is 15.1. The van der Waals surface area contributed by atoms with Crippen LogP contribution in [0.2, 0.25) is 0 Å². The second kappa shape index (κ2) is 10.9. The van der Waals surface area contributed by atoms with Crippen molar-refractivity contribution in [2.75, 3.05) is 0 Å². The molecule has 1 aliphatic rings. The number of fused-ring (bicyclic) bond motifs is 3. The van der Waals surface area contributed by atoms with Gasteiger partial charge in [0.15, 0.2) is 23.4 Å². The van der Waals surface area contributed by atoms with E-state index < -0.39 is 0 Å². The van der Waals surface area contributed by atoms with Crippen molar-refractivity contribution in [3.8, 4) is 56.3 Å². The molecule has 2 unspecified atom stereocenters. The van der Waals surface area contributed by atoms with E-state index in [0.717, 1.165) is 35.1 Å². The van der Waals surface area contributed by atoms with Crippen molar-refractivity contribution in [1.82, 2.24) is 19.9 Å². The predicted molar refractivity (Wildman–Crippen MR) is 177 cm³/mol. The summed E-state index contributed by atoms with van der Waals surface area (Å²) in [4.78, 5) is 18.1. The molecule has 1 aliphatic heterocycles. The SMILES string of the molecule is CCC1(C)c2ccc(-c3cccc(-c4cc(-c5ncccn5)cc(-c5ncccn5)c4)c3)cc2-c2cccc[n+]2C1(C)CC. The Kier molecular flexibility index (Phi) is 6.89. The summed E-state index contributed by atoms with van der Waals surface area (Å²) in [6.07, 6.45) is 11.5. The van der Waals surface area contributed by atoms with E-state index in [9.17, 15) is 0 Å². The van der Waals surface area contributed by atoms with Crippen molar-refractivity contribution < 1.29 is 4.57 Å². The largest absolute Gasteiger partial charge is 0.237 e. The van der Waals surface area contributed by atoms with Crippen molar-refractivity contribution in [2.45, 2.75) is 51.5 Å². The summed E-state index contributed by atoms with van der Waals surface area (Å²) in [5.41, 5.74) is 10.4. The highest BCUT2D eigenvalue weighted by Gasteiger charge is 2.56. The Morgan fingerprint density at radius 3 is 1.73 bits per heavy atom. The summed E-state index contributed by atoms with van der Waals surface area (Å²) in [6.45, 7) is 9.50. The van der Waals surface area contributed by atoms with Crippen LogP contribution in [-0.2, 0) is 11.0 Å². The number of pyridine rings is 1. The molecule has 216 valence electrons. The predicted octanol–water partition coefficient (Wildman–Crippen LogP) is 8.70. The first kappa shape index (κ1) is 27.8. The van der Waals surface area contributed by atoms with Gasteiger partial charge in [-0.15, -0.1) is 0 Å². The third-order valence-electron chi connectivity index (χ3n) is 9.98. The van der Waals surface area contributed by atoms with Crippen LogP contribution in [-0.4, -0.2) is 19.9 Å². The van der Waals surface area contributed by atoms with Crippen LogP contribution in [0.4, 0.5) is 0 Å². The van der Waals surface area contributed by atoms with Gasteiger partial charge in [-0.2, -0.15) is 4.57 Å². The molecule has 0 bridgehead atoms. The maximum Gasteiger partial charge on any atom is 0.213 e. The summed E-state index contributed by atoms with van der Waals surface area (Å²) >= 11 is 0. The summed E-state index contributed by atoms with van der Waals surface area (Å²) in [7, 11) is 0. The molecule has 0 saturated heterocycles. The molecule has 6 aromatic rings. The lowest BCUT2D eigenvalue weighted by atomic mass is 9.60. The molecule has 0 spiro atoms. The summed E-state index contributed by atoms with van der Waals surface area (Å²) in [6, 6.07) is 32.5. The fourth-order valence-corrected chi connectivity index (χ4v) is 7.02. The second-order valence-corrected chi connectivity index (χ2v) is 12.1. The molecule has 7 rings (SSSR count). The zero-order valence-electron chi connectivity index (χ0n) is 25.7. The Hall–Kier alpha value is -5.03. The Morgan fingerprint density at radius 2 is 1.11 bits per heavy atom. The van der Waals surface area contributed by atoms with Gasteiger partial charge in [0.05, 0.1) is 11.0 Å². The minimum atomic E-state index is -0.0135. The van der Waals surface area contributed by atoms with E-state index in [1.807, 2.05) is 12.1 Å². The molecule has 44 heavy (non-hydrogen) atoms. The van der Waals surface area contributed by atoms with Crippen molar-refractivity contribution in [3.05, 3.63) is 128 Å². The van der Waals surface area contributed by atoms with E-state index in [1.54, 1.807) is 24.8 Å². The van der Waals surface area contributed by atoms with Gasteiger partial charge >= 0.3 is 0 Å². The van der Waals surface area contributed by atoms with Crippen LogP contribution in [0.25, 0.3) is 56.3 Å². The van der Waals surface area contributed by atoms with Gasteiger partial charge in [-0.25, -0.2) is 19.9 Å². The van der Waals surface area contributed by atoms with Gasteiger partial charge in [0, 0.05) is 61.4 Å². The summed E-state index contributed by atoms with van der Waals surface area (Å²) < 4.78 is 2.52. The Balaban J connectivity index is 1.36. The molecule has 2 atom stereocenters. The first-order valence-electron chi connectivity index (χ1n) is 15.4. The van der Waals surface area contributed by atoms with Crippen LogP contribution >= 0.6 is 0 Å². The van der Waals surface area contributed by atoms with E-state index in [4.69, 9.17) is 0 Å². The summed E-state index contributed by atoms with van der Waals surface area (Å²) in [5, 5.41) is 0. The Morgan fingerprint density at radius 1 is 0.545 bits per heavy atom. The lowest BCUT2D eigenvalue weighted by molar-refractivity contribution is -0.765. The molecule has 4 heterocycles. The lowest BCUT2D eigenvalue weighted by Gasteiger charge is -2.46. The highest BCUT2D eigenvalue weighted by molar-refractivity contribution is 5.81. The number of hydrogen-bond donors (Lipinski definition) is 0. The first-order chi connectivity index (χ1) is 21.4. The standard InChI is InChI=1S/C39H36N5/c1-5-38(3)34-16-15-29(26-33(34)35-14-7-8-21-44(35)39(38,4)6-2)27-12-9-13-28(22-27)30-23-31(36-40-17-10-18-41-36)25-32(24-30)37-42-19-11-20-43-37/h7-26H,5-6H2,1-4H3/q+1. The molecule has 0 radical (unpaired) electrons. The van der Waals surface area contributed by atoms with Gasteiger partial charge in [-0.1, -0.05) is 44.2 Å². The maximum absolute atomic E-state index is 4.52. The van der Waals surface area contributed by atoms with E-state index in [0.29, 0.717) is 11.6 Å². The lowest BCUT2D eigenvalue weighted by Crippen LogP contribution is -2.67. The molecular formula is C39H36N5+. The minimum Gasteiger partial charge on any atom is -0.237 e. The van der Waals surface area contributed by atoms with Crippen LogP contribution in [0.15, 0.2) is 122 Å². The molecule has 5 nitrogen and oxygen atoms in total. The normalized spacial score (nSPS) is 18.8. The Labute approximate surface area is 259 Å². The zero-order chi connectivity index (χ0) is 30.3. The van der Waals surface area contributed by atoms with Gasteiger partial charge < -0.3 is 0 Å². The topological polar surface area (TPSA) is 55.4 Å². The van der Waals surface area contributed by atoms with Crippen molar-refractivity contribution >= 4 is 0 Å². The third-order valence-corrected chi connectivity index (χ3v) is 9.98. The third kappa shape index (κ3) is 4.43. The smallest absolute Gasteiger partial charge is 0.213 e. The first-order valence-corrected chi connectivity index (χ1v) is 15.4. The fraction of sp³-hybridized carbons (Fsp3) is 0.205. The van der Waals surface area contributed by atoms with Crippen LogP contribution in [0.5, 0.6) is 0 Å². The molecule has 0 saturated carbocycles. The number of hydrogen-bond acceptors (Lipinski definition) is 4. The number of rotatable bonds is 6. The van der Waals surface area contributed by atoms with Crippen LogP contribution in [0, 0.1) is 0 Å². The van der Waals surface area contributed by atoms with Gasteiger partial charge in [0.2, 0.25) is 5.69 Å². The molecule has 3 aromatic heterocycles. The fourth-order valence-electron chi connectivity index (χ4n) is 7.02. The van der Waals surface area contributed by atoms with Crippen molar-refractivity contribution in [2.24, 2.45) is 0 Å². The molecule has 0 fully saturated rings. The van der Waals surface area contributed by atoms with Gasteiger partial charge in [0.1, 0.15) is 0 Å². The van der Waals surface area contributed by atoms with Crippen LogP contribution in [0.1, 0.15) is 46.1 Å². The maximum atomic E-state index is 4.52. The molecule has 3 aromatic carbocycles. The monoisotopic (exact) mass is 574 g/mol. The van der Waals surface area contributed by atoms with E-state index in [2.05, 4.69) is 137 Å². The summed E-state index contributed by atoms with van der Waals surface area (Å²) in [5.74, 6) is 1.35. The molecule has 0 amide bonds. The Bertz CT molecular complexity index is 1910. The molecule has 0 aliphatic carbocycles. The van der Waals surface area contributed by atoms with Crippen molar-refractivity contribution in [3.63, 3.8) is 0 Å².